The first-order valence-electron chi connectivity index (χ1n) is 7.57. The van der Waals surface area contributed by atoms with E-state index in [4.69, 9.17) is 22.1 Å². The number of hydrogen-bond donors (Lipinski definition) is 1. The lowest BCUT2D eigenvalue weighted by Gasteiger charge is -2.11. The third kappa shape index (κ3) is 2.59. The van der Waals surface area contributed by atoms with E-state index < -0.39 is 5.82 Å². The summed E-state index contributed by atoms with van der Waals surface area (Å²) in [5.41, 5.74) is 8.24. The lowest BCUT2D eigenvalue weighted by atomic mass is 10.1. The van der Waals surface area contributed by atoms with Gasteiger partial charge in [-0.05, 0) is 54.3 Å². The number of nitrogen functional groups attached to an aromatic ring is 1. The number of allylic oxidation sites excluding steroid dienone is 1. The van der Waals surface area contributed by atoms with Gasteiger partial charge in [0.05, 0.1) is 11.6 Å². The number of rotatable bonds is 2. The maximum absolute atomic E-state index is 13.4. The molecule has 0 atom stereocenters. The molecule has 5 nitrogen and oxygen atoms in total. The van der Waals surface area contributed by atoms with Gasteiger partial charge in [0, 0.05) is 0 Å². The minimum absolute atomic E-state index is 0.0638. The number of halogens is 2. The second-order valence-corrected chi connectivity index (χ2v) is 5.97. The van der Waals surface area contributed by atoms with Gasteiger partial charge in [0.2, 0.25) is 5.82 Å². The molecule has 0 fully saturated rings. The van der Waals surface area contributed by atoms with Crippen molar-refractivity contribution in [1.29, 1.82) is 0 Å². The van der Waals surface area contributed by atoms with Crippen LogP contribution in [0, 0.1) is 5.82 Å². The van der Waals surface area contributed by atoms with Gasteiger partial charge < -0.3 is 10.5 Å². The number of hydrogen-bond acceptors (Lipinski definition) is 4. The standard InChI is InChI=1S/C17H14ClFN4O/c18-12-7-10(4-5-13(12)19)11-8-15(20)23-16(9-11)21-17(22-23)14-3-1-2-6-24-14/h3-5,7-9H,1-2,6,20H2. The molecule has 0 saturated carbocycles. The minimum atomic E-state index is -0.458. The Morgan fingerprint density at radius 2 is 2.08 bits per heavy atom. The Balaban J connectivity index is 1.81. The molecule has 0 radical (unpaired) electrons. The van der Waals surface area contributed by atoms with Gasteiger partial charge in [0.1, 0.15) is 11.6 Å². The van der Waals surface area contributed by atoms with Crippen molar-refractivity contribution in [2.75, 3.05) is 12.3 Å². The fraction of sp³-hybridized carbons (Fsp3) is 0.176. The molecule has 2 aromatic heterocycles. The van der Waals surface area contributed by atoms with E-state index in [1.165, 1.54) is 6.07 Å². The van der Waals surface area contributed by atoms with E-state index in [1.807, 2.05) is 12.1 Å². The number of nitrogens with two attached hydrogens (primary N) is 1. The smallest absolute Gasteiger partial charge is 0.217 e. The predicted octanol–water partition coefficient (Wildman–Crippen LogP) is 3.92. The van der Waals surface area contributed by atoms with Crippen molar-refractivity contribution < 1.29 is 9.13 Å². The van der Waals surface area contributed by atoms with Crippen molar-refractivity contribution in [2.24, 2.45) is 0 Å². The molecule has 3 heterocycles. The number of pyridine rings is 1. The summed E-state index contributed by atoms with van der Waals surface area (Å²) in [5, 5.41) is 4.47. The summed E-state index contributed by atoms with van der Waals surface area (Å²) in [6.45, 7) is 0.663. The predicted molar refractivity (Wildman–Crippen MR) is 91.0 cm³/mol. The highest BCUT2D eigenvalue weighted by Crippen LogP contribution is 2.28. The Kier molecular flexibility index (Phi) is 3.61. The van der Waals surface area contributed by atoms with Crippen LogP contribution in [-0.2, 0) is 4.74 Å². The molecule has 24 heavy (non-hydrogen) atoms. The Hall–Kier alpha value is -2.60. The molecule has 1 aliphatic heterocycles. The molecule has 0 bridgehead atoms. The summed E-state index contributed by atoms with van der Waals surface area (Å²) in [6.07, 6.45) is 3.92. The summed E-state index contributed by atoms with van der Waals surface area (Å²) in [4.78, 5) is 4.49. The van der Waals surface area contributed by atoms with Gasteiger partial charge in [0.25, 0.3) is 0 Å². The molecule has 2 N–H and O–H groups in total. The van der Waals surface area contributed by atoms with Crippen LogP contribution >= 0.6 is 11.6 Å². The number of nitrogens with zero attached hydrogens (tertiary/aromatic N) is 3. The van der Waals surface area contributed by atoms with Crippen molar-refractivity contribution in [3.8, 4) is 11.1 Å². The van der Waals surface area contributed by atoms with Gasteiger partial charge in [0.15, 0.2) is 11.4 Å². The first-order valence-corrected chi connectivity index (χ1v) is 7.95. The molecular weight excluding hydrogens is 331 g/mol. The van der Waals surface area contributed by atoms with Crippen LogP contribution in [0.1, 0.15) is 18.7 Å². The summed E-state index contributed by atoms with van der Waals surface area (Å²) in [6, 6.07) is 8.13. The van der Waals surface area contributed by atoms with Crippen LogP contribution in [0.15, 0.2) is 36.4 Å². The van der Waals surface area contributed by atoms with E-state index in [0.717, 1.165) is 24.0 Å². The van der Waals surface area contributed by atoms with Crippen LogP contribution in [0.25, 0.3) is 22.5 Å². The summed E-state index contributed by atoms with van der Waals surface area (Å²) in [5.74, 6) is 1.16. The topological polar surface area (TPSA) is 65.4 Å². The molecule has 3 aromatic rings. The largest absolute Gasteiger partial charge is 0.490 e. The van der Waals surface area contributed by atoms with Gasteiger partial charge >= 0.3 is 0 Å². The Bertz CT molecular complexity index is 967. The molecule has 7 heteroatoms. The fourth-order valence-corrected chi connectivity index (χ4v) is 2.85. The van der Waals surface area contributed by atoms with Gasteiger partial charge in [-0.1, -0.05) is 17.7 Å². The zero-order valence-corrected chi connectivity index (χ0v) is 13.4. The average Bonchev–Trinajstić information content (AvgIpc) is 3.03. The van der Waals surface area contributed by atoms with E-state index in [-0.39, 0.29) is 5.02 Å². The van der Waals surface area contributed by atoms with Crippen LogP contribution in [0.3, 0.4) is 0 Å². The first kappa shape index (κ1) is 15.0. The van der Waals surface area contributed by atoms with Gasteiger partial charge in [-0.2, -0.15) is 4.52 Å². The molecule has 0 aliphatic carbocycles. The monoisotopic (exact) mass is 344 g/mol. The maximum atomic E-state index is 13.4. The summed E-state index contributed by atoms with van der Waals surface area (Å²) in [7, 11) is 0. The highest BCUT2D eigenvalue weighted by atomic mass is 35.5. The molecule has 1 aliphatic rings. The number of anilines is 1. The maximum Gasteiger partial charge on any atom is 0.217 e. The van der Waals surface area contributed by atoms with Gasteiger partial charge in [-0.15, -0.1) is 5.10 Å². The fourth-order valence-electron chi connectivity index (χ4n) is 2.67. The third-order valence-corrected chi connectivity index (χ3v) is 4.16. The molecule has 0 spiro atoms. The third-order valence-electron chi connectivity index (χ3n) is 3.87. The van der Waals surface area contributed by atoms with E-state index in [9.17, 15) is 4.39 Å². The molecule has 122 valence electrons. The molecule has 0 unspecified atom stereocenters. The first-order chi connectivity index (χ1) is 11.6. The lowest BCUT2D eigenvalue weighted by Crippen LogP contribution is -2.02. The van der Waals surface area contributed by atoms with Crippen molar-refractivity contribution in [3.63, 3.8) is 0 Å². The minimum Gasteiger partial charge on any atom is -0.490 e. The average molecular weight is 345 g/mol. The van der Waals surface area contributed by atoms with Crippen LogP contribution in [-0.4, -0.2) is 21.2 Å². The Morgan fingerprint density at radius 3 is 2.83 bits per heavy atom. The zero-order valence-electron chi connectivity index (χ0n) is 12.7. The second kappa shape index (κ2) is 5.79. The second-order valence-electron chi connectivity index (χ2n) is 5.56. The SMILES string of the molecule is Nc1cc(-c2ccc(F)c(Cl)c2)cc2nc(C3=CCCCO3)nn12. The van der Waals surface area contributed by atoms with Crippen LogP contribution in [0.5, 0.6) is 0 Å². The normalized spacial score (nSPS) is 14.5. The van der Waals surface area contributed by atoms with Gasteiger partial charge in [-0.25, -0.2) is 9.37 Å². The van der Waals surface area contributed by atoms with E-state index in [2.05, 4.69) is 10.1 Å². The van der Waals surface area contributed by atoms with Crippen molar-refractivity contribution >= 4 is 28.8 Å². The number of ether oxygens (including phenoxy) is 1. The highest BCUT2D eigenvalue weighted by molar-refractivity contribution is 6.31. The Morgan fingerprint density at radius 1 is 1.21 bits per heavy atom. The van der Waals surface area contributed by atoms with E-state index in [1.54, 1.807) is 22.7 Å². The molecular formula is C17H14ClFN4O. The van der Waals surface area contributed by atoms with Crippen molar-refractivity contribution in [3.05, 3.63) is 53.1 Å². The van der Waals surface area contributed by atoms with E-state index in [0.29, 0.717) is 29.7 Å². The highest BCUT2D eigenvalue weighted by Gasteiger charge is 2.15. The molecule has 4 rings (SSSR count). The van der Waals surface area contributed by atoms with E-state index >= 15 is 0 Å². The Labute approximate surface area is 142 Å². The lowest BCUT2D eigenvalue weighted by molar-refractivity contribution is 0.256. The summed E-state index contributed by atoms with van der Waals surface area (Å²) >= 11 is 5.86. The molecule has 0 saturated heterocycles. The van der Waals surface area contributed by atoms with Crippen LogP contribution in [0.4, 0.5) is 10.2 Å². The number of aromatic nitrogens is 3. The molecule has 1 aromatic carbocycles. The molecule has 0 amide bonds. The van der Waals surface area contributed by atoms with Crippen LogP contribution < -0.4 is 5.73 Å². The van der Waals surface area contributed by atoms with Crippen molar-refractivity contribution in [2.45, 2.75) is 12.8 Å². The van der Waals surface area contributed by atoms with Crippen molar-refractivity contribution in [1.82, 2.24) is 14.6 Å². The summed E-state index contributed by atoms with van der Waals surface area (Å²) < 4.78 is 20.5. The number of benzene rings is 1. The quantitative estimate of drug-likeness (QED) is 0.765. The van der Waals surface area contributed by atoms with Gasteiger partial charge in [-0.3, -0.25) is 0 Å². The number of fused-ring (bicyclic) bond motifs is 1. The van der Waals surface area contributed by atoms with Crippen LogP contribution in [0.2, 0.25) is 5.02 Å². The zero-order chi connectivity index (χ0) is 16.7.